The number of nitrogens with zero attached hydrogens (tertiary/aromatic N) is 4. The van der Waals surface area contributed by atoms with Crippen LogP contribution in [0.2, 0.25) is 0 Å². The summed E-state index contributed by atoms with van der Waals surface area (Å²) in [7, 11) is 1.66. The second-order valence-electron chi connectivity index (χ2n) is 10.6. The molecule has 1 amide bonds. The highest BCUT2D eigenvalue weighted by molar-refractivity contribution is 5.95. The Morgan fingerprint density at radius 1 is 0.950 bits per heavy atom. The maximum absolute atomic E-state index is 13.7. The van der Waals surface area contributed by atoms with Gasteiger partial charge in [0.1, 0.15) is 5.75 Å². The first-order valence-electron chi connectivity index (χ1n) is 13.8. The number of pyridine rings is 1. The second kappa shape index (κ2) is 11.9. The molecule has 0 saturated carbocycles. The van der Waals surface area contributed by atoms with Crippen LogP contribution >= 0.6 is 0 Å². The zero-order valence-electron chi connectivity index (χ0n) is 23.0. The predicted molar refractivity (Wildman–Crippen MR) is 149 cm³/mol. The molecule has 6 nitrogen and oxygen atoms in total. The van der Waals surface area contributed by atoms with Crippen LogP contribution in [0, 0.1) is 6.92 Å². The maximum Gasteiger partial charge on any atom is 0.416 e. The number of hydrogen-bond donors (Lipinski definition) is 0. The summed E-state index contributed by atoms with van der Waals surface area (Å²) >= 11 is 0. The lowest BCUT2D eigenvalue weighted by atomic mass is 9.89. The summed E-state index contributed by atoms with van der Waals surface area (Å²) in [6.07, 6.45) is -2.63. The highest BCUT2D eigenvalue weighted by atomic mass is 19.4. The molecule has 2 saturated heterocycles. The number of aryl methyl sites for hydroxylation is 1. The number of ether oxygens (including phenoxy) is 1. The Hall–Kier alpha value is -3.59. The highest BCUT2D eigenvalue weighted by Gasteiger charge is 2.31. The summed E-state index contributed by atoms with van der Waals surface area (Å²) in [6, 6.07) is 17.2. The number of rotatable bonds is 6. The number of aromatic nitrogens is 1. The number of halogens is 3. The highest BCUT2D eigenvalue weighted by Crippen LogP contribution is 2.32. The number of carbonyl (C=O) groups is 1. The van der Waals surface area contributed by atoms with Gasteiger partial charge in [-0.05, 0) is 74.8 Å². The minimum atomic E-state index is -4.32. The lowest BCUT2D eigenvalue weighted by Crippen LogP contribution is -2.49. The number of methoxy groups -OCH3 is 1. The molecule has 0 unspecified atom stereocenters. The summed E-state index contributed by atoms with van der Waals surface area (Å²) in [5.41, 5.74) is 3.77. The van der Waals surface area contributed by atoms with Crippen molar-refractivity contribution in [2.45, 2.75) is 38.4 Å². The largest absolute Gasteiger partial charge is 0.497 e. The average Bonchev–Trinajstić information content (AvgIpc) is 2.97. The van der Waals surface area contributed by atoms with Crippen LogP contribution in [0.1, 0.15) is 51.6 Å². The molecule has 3 aromatic rings. The van der Waals surface area contributed by atoms with Crippen LogP contribution in [0.4, 0.5) is 18.9 Å². The van der Waals surface area contributed by atoms with Gasteiger partial charge in [0, 0.05) is 56.1 Å². The van der Waals surface area contributed by atoms with Crippen molar-refractivity contribution in [3.05, 3.63) is 88.7 Å². The van der Waals surface area contributed by atoms with Crippen LogP contribution in [0.5, 0.6) is 5.75 Å². The number of hydrogen-bond acceptors (Lipinski definition) is 5. The van der Waals surface area contributed by atoms with Gasteiger partial charge in [0.25, 0.3) is 5.91 Å². The number of alkyl halides is 3. The molecule has 3 heterocycles. The van der Waals surface area contributed by atoms with Gasteiger partial charge in [0.2, 0.25) is 0 Å². The SMILES string of the molecule is COc1cccc(N2CCN(C(=O)c3ccc(C)nc3C3CCN(Cc4ccc(C(F)(F)F)cc4)CC3)CC2)c1. The van der Waals surface area contributed by atoms with E-state index in [0.717, 1.165) is 79.5 Å². The van der Waals surface area contributed by atoms with Crippen LogP contribution in [-0.2, 0) is 12.7 Å². The Labute approximate surface area is 233 Å². The average molecular weight is 553 g/mol. The lowest BCUT2D eigenvalue weighted by Gasteiger charge is -2.37. The van der Waals surface area contributed by atoms with Crippen molar-refractivity contribution in [1.82, 2.24) is 14.8 Å². The van der Waals surface area contributed by atoms with Gasteiger partial charge < -0.3 is 14.5 Å². The van der Waals surface area contributed by atoms with Crippen LogP contribution in [0.3, 0.4) is 0 Å². The van der Waals surface area contributed by atoms with Crippen molar-refractivity contribution in [3.8, 4) is 5.75 Å². The van der Waals surface area contributed by atoms with Crippen LogP contribution in [0.15, 0.2) is 60.7 Å². The Bertz CT molecular complexity index is 1310. The van der Waals surface area contributed by atoms with E-state index in [4.69, 9.17) is 9.72 Å². The number of carbonyl (C=O) groups excluding carboxylic acids is 1. The summed E-state index contributed by atoms with van der Waals surface area (Å²) in [6.45, 7) is 6.91. The molecule has 2 fully saturated rings. The molecule has 2 aliphatic rings. The number of likely N-dealkylation sites (tertiary alicyclic amines) is 1. The van der Waals surface area contributed by atoms with Gasteiger partial charge in [0.15, 0.2) is 0 Å². The molecule has 0 aliphatic carbocycles. The van der Waals surface area contributed by atoms with Gasteiger partial charge in [-0.2, -0.15) is 13.2 Å². The third kappa shape index (κ3) is 6.41. The first-order valence-corrected chi connectivity index (χ1v) is 13.8. The normalized spacial score (nSPS) is 17.2. The third-order valence-corrected chi connectivity index (χ3v) is 7.94. The van der Waals surface area contributed by atoms with Crippen molar-refractivity contribution in [2.24, 2.45) is 0 Å². The zero-order chi connectivity index (χ0) is 28.3. The number of anilines is 1. The van der Waals surface area contributed by atoms with Crippen molar-refractivity contribution >= 4 is 11.6 Å². The van der Waals surface area contributed by atoms with Crippen molar-refractivity contribution < 1.29 is 22.7 Å². The minimum absolute atomic E-state index is 0.0278. The number of piperidine rings is 1. The molecule has 2 aliphatic heterocycles. The fourth-order valence-electron chi connectivity index (χ4n) is 5.64. The first kappa shape index (κ1) is 28.0. The first-order chi connectivity index (χ1) is 19.2. The van der Waals surface area contributed by atoms with E-state index in [1.165, 1.54) is 0 Å². The van der Waals surface area contributed by atoms with E-state index in [1.54, 1.807) is 19.2 Å². The van der Waals surface area contributed by atoms with Crippen LogP contribution < -0.4 is 9.64 Å². The van der Waals surface area contributed by atoms with Crippen LogP contribution in [-0.4, -0.2) is 67.1 Å². The van der Waals surface area contributed by atoms with Gasteiger partial charge in [0.05, 0.1) is 23.9 Å². The van der Waals surface area contributed by atoms with E-state index in [-0.39, 0.29) is 11.8 Å². The molecule has 0 atom stereocenters. The van der Waals surface area contributed by atoms with E-state index < -0.39 is 11.7 Å². The molecular formula is C31H35F3N4O2. The van der Waals surface area contributed by atoms with Crippen molar-refractivity contribution in [3.63, 3.8) is 0 Å². The molecular weight excluding hydrogens is 517 g/mol. The van der Waals surface area contributed by atoms with E-state index in [2.05, 4.69) is 15.9 Å². The fourth-order valence-corrected chi connectivity index (χ4v) is 5.64. The molecule has 0 spiro atoms. The summed E-state index contributed by atoms with van der Waals surface area (Å²) in [4.78, 5) is 25.0. The Morgan fingerprint density at radius 2 is 1.65 bits per heavy atom. The summed E-state index contributed by atoms with van der Waals surface area (Å²) in [5.74, 6) is 1.01. The lowest BCUT2D eigenvalue weighted by molar-refractivity contribution is -0.137. The number of benzene rings is 2. The fraction of sp³-hybridized carbons (Fsp3) is 0.419. The Kier molecular flexibility index (Phi) is 8.30. The molecule has 0 radical (unpaired) electrons. The number of amides is 1. The molecule has 212 valence electrons. The van der Waals surface area contributed by atoms with Crippen molar-refractivity contribution in [2.75, 3.05) is 51.3 Å². The molecule has 0 bridgehead atoms. The van der Waals surface area contributed by atoms with E-state index in [1.807, 2.05) is 42.2 Å². The monoisotopic (exact) mass is 552 g/mol. The van der Waals surface area contributed by atoms with Crippen molar-refractivity contribution in [1.29, 1.82) is 0 Å². The summed E-state index contributed by atoms with van der Waals surface area (Å²) in [5, 5.41) is 0. The quantitative estimate of drug-likeness (QED) is 0.389. The maximum atomic E-state index is 13.7. The zero-order valence-corrected chi connectivity index (χ0v) is 23.0. The molecule has 0 N–H and O–H groups in total. The third-order valence-electron chi connectivity index (χ3n) is 7.94. The van der Waals surface area contributed by atoms with Gasteiger partial charge in [-0.25, -0.2) is 0 Å². The van der Waals surface area contributed by atoms with Gasteiger partial charge in [-0.1, -0.05) is 18.2 Å². The second-order valence-corrected chi connectivity index (χ2v) is 10.6. The van der Waals surface area contributed by atoms with Gasteiger partial charge in [-0.3, -0.25) is 14.7 Å². The Balaban J connectivity index is 1.20. The van der Waals surface area contributed by atoms with E-state index in [9.17, 15) is 18.0 Å². The Morgan fingerprint density at radius 3 is 2.30 bits per heavy atom. The van der Waals surface area contributed by atoms with Crippen LogP contribution in [0.25, 0.3) is 0 Å². The molecule has 40 heavy (non-hydrogen) atoms. The molecule has 1 aromatic heterocycles. The molecule has 2 aromatic carbocycles. The topological polar surface area (TPSA) is 48.9 Å². The predicted octanol–water partition coefficient (Wildman–Crippen LogP) is 5.76. The summed E-state index contributed by atoms with van der Waals surface area (Å²) < 4.78 is 44.0. The molecule has 9 heteroatoms. The van der Waals surface area contributed by atoms with Gasteiger partial charge in [-0.15, -0.1) is 0 Å². The smallest absolute Gasteiger partial charge is 0.416 e. The van der Waals surface area contributed by atoms with Gasteiger partial charge >= 0.3 is 6.18 Å². The standard InChI is InChI=1S/C31H35F3N4O2/c1-22-6-11-28(30(39)38-18-16-37(17-19-38)26-4-3-5-27(20-26)40-2)29(35-22)24-12-14-36(15-13-24)21-23-7-9-25(10-8-23)31(32,33)34/h3-11,20,24H,12-19,21H2,1-2H3. The van der Waals surface area contributed by atoms with E-state index >= 15 is 0 Å². The van der Waals surface area contributed by atoms with E-state index in [0.29, 0.717) is 25.2 Å². The molecule has 5 rings (SSSR count). The minimum Gasteiger partial charge on any atom is -0.497 e. The number of piperazine rings is 1.